The van der Waals surface area contributed by atoms with Crippen molar-refractivity contribution >= 4 is 17.8 Å². The van der Waals surface area contributed by atoms with Gasteiger partial charge in [0.2, 0.25) is 11.8 Å². The third kappa shape index (κ3) is 3.04. The smallest absolute Gasteiger partial charge is 0.277 e. The quantitative estimate of drug-likeness (QED) is 0.677. The number of hydrogen-bond donors (Lipinski definition) is 2. The van der Waals surface area contributed by atoms with Crippen LogP contribution in [0.2, 0.25) is 0 Å². The van der Waals surface area contributed by atoms with Gasteiger partial charge in [-0.3, -0.25) is 20.2 Å². The van der Waals surface area contributed by atoms with Gasteiger partial charge in [0, 0.05) is 0 Å². The van der Waals surface area contributed by atoms with Crippen LogP contribution >= 0.6 is 0 Å². The number of carbonyl (C=O) groups is 3. The van der Waals surface area contributed by atoms with Gasteiger partial charge in [-0.2, -0.15) is 0 Å². The van der Waals surface area contributed by atoms with Gasteiger partial charge >= 0.3 is 6.03 Å². The predicted molar refractivity (Wildman–Crippen MR) is 53.9 cm³/mol. The van der Waals surface area contributed by atoms with Crippen molar-refractivity contribution in [3.05, 3.63) is 0 Å². The molecule has 2 N–H and O–H groups in total. The summed E-state index contributed by atoms with van der Waals surface area (Å²) in [5.41, 5.74) is 0. The average molecular weight is 212 g/mol. The van der Waals surface area contributed by atoms with Crippen LogP contribution < -0.4 is 10.6 Å². The molecule has 1 aliphatic rings. The topological polar surface area (TPSA) is 75.3 Å². The molecular weight excluding hydrogens is 196 g/mol. The molecular formula is C10H16N2O3. The maximum absolute atomic E-state index is 11.4. The van der Waals surface area contributed by atoms with Crippen LogP contribution in [-0.2, 0) is 9.59 Å². The van der Waals surface area contributed by atoms with Crippen molar-refractivity contribution in [1.29, 1.82) is 0 Å². The Labute approximate surface area is 88.6 Å². The molecule has 5 nitrogen and oxygen atoms in total. The zero-order valence-corrected chi connectivity index (χ0v) is 9.00. The van der Waals surface area contributed by atoms with E-state index in [2.05, 4.69) is 17.6 Å². The van der Waals surface area contributed by atoms with Crippen LogP contribution in [0.1, 0.15) is 33.1 Å². The third-order valence-electron chi connectivity index (χ3n) is 2.53. The Morgan fingerprint density at radius 3 is 2.20 bits per heavy atom. The van der Waals surface area contributed by atoms with E-state index in [1.807, 2.05) is 6.92 Å². The Morgan fingerprint density at radius 2 is 1.73 bits per heavy atom. The Hall–Kier alpha value is -1.39. The summed E-state index contributed by atoms with van der Waals surface area (Å²) >= 11 is 0. The highest BCUT2D eigenvalue weighted by Gasteiger charge is 2.34. The van der Waals surface area contributed by atoms with Crippen LogP contribution in [-0.4, -0.2) is 17.8 Å². The molecule has 0 aromatic rings. The lowest BCUT2D eigenvalue weighted by Gasteiger charge is -2.22. The SMILES string of the molecule is CCC[C@H](C)CC1C(=O)NC(=O)NC1=O. The molecule has 0 spiro atoms. The Balaban J connectivity index is 2.56. The Morgan fingerprint density at radius 1 is 1.20 bits per heavy atom. The van der Waals surface area contributed by atoms with E-state index in [0.717, 1.165) is 12.8 Å². The normalized spacial score (nSPS) is 19.7. The van der Waals surface area contributed by atoms with E-state index in [-0.39, 0.29) is 0 Å². The van der Waals surface area contributed by atoms with Crippen molar-refractivity contribution in [2.45, 2.75) is 33.1 Å². The first-order valence-corrected chi connectivity index (χ1v) is 5.20. The minimum Gasteiger partial charge on any atom is -0.277 e. The van der Waals surface area contributed by atoms with Gasteiger partial charge in [0.1, 0.15) is 5.92 Å². The van der Waals surface area contributed by atoms with Gasteiger partial charge in [-0.05, 0) is 12.3 Å². The number of hydrogen-bond acceptors (Lipinski definition) is 3. The highest BCUT2D eigenvalue weighted by molar-refractivity contribution is 6.16. The van der Waals surface area contributed by atoms with Crippen molar-refractivity contribution in [2.24, 2.45) is 11.8 Å². The summed E-state index contributed by atoms with van der Waals surface area (Å²) in [7, 11) is 0. The van der Waals surface area contributed by atoms with Crippen molar-refractivity contribution in [3.63, 3.8) is 0 Å². The second-order valence-electron chi connectivity index (χ2n) is 3.99. The van der Waals surface area contributed by atoms with E-state index in [1.54, 1.807) is 0 Å². The van der Waals surface area contributed by atoms with E-state index in [4.69, 9.17) is 0 Å². The first-order chi connectivity index (χ1) is 7.04. The summed E-state index contributed by atoms with van der Waals surface area (Å²) in [6, 6.07) is -0.718. The molecule has 0 bridgehead atoms. The average Bonchev–Trinajstić information content (AvgIpc) is 2.11. The maximum atomic E-state index is 11.4. The van der Waals surface area contributed by atoms with Crippen LogP contribution in [0.4, 0.5) is 4.79 Å². The molecule has 1 aliphatic heterocycles. The van der Waals surface area contributed by atoms with Gasteiger partial charge in [0.15, 0.2) is 0 Å². The summed E-state index contributed by atoms with van der Waals surface area (Å²) in [5, 5.41) is 4.19. The summed E-state index contributed by atoms with van der Waals surface area (Å²) in [4.78, 5) is 33.5. The van der Waals surface area contributed by atoms with E-state index in [0.29, 0.717) is 12.3 Å². The molecule has 1 rings (SSSR count). The summed E-state index contributed by atoms with van der Waals surface area (Å²) < 4.78 is 0. The van der Waals surface area contributed by atoms with Crippen molar-refractivity contribution in [1.82, 2.24) is 10.6 Å². The molecule has 4 amide bonds. The van der Waals surface area contributed by atoms with Crippen molar-refractivity contribution in [3.8, 4) is 0 Å². The third-order valence-corrected chi connectivity index (χ3v) is 2.53. The van der Waals surface area contributed by atoms with Crippen molar-refractivity contribution in [2.75, 3.05) is 0 Å². The molecule has 84 valence electrons. The molecule has 15 heavy (non-hydrogen) atoms. The second-order valence-corrected chi connectivity index (χ2v) is 3.99. The summed E-state index contributed by atoms with van der Waals surface area (Å²) in [5.74, 6) is -1.37. The lowest BCUT2D eigenvalue weighted by molar-refractivity contribution is -0.136. The lowest BCUT2D eigenvalue weighted by atomic mass is 9.90. The number of nitrogens with one attached hydrogen (secondary N) is 2. The second kappa shape index (κ2) is 4.91. The molecule has 1 fully saturated rings. The van der Waals surface area contributed by atoms with E-state index in [9.17, 15) is 14.4 Å². The number of urea groups is 1. The number of amides is 4. The monoisotopic (exact) mass is 212 g/mol. The minimum atomic E-state index is -0.718. The maximum Gasteiger partial charge on any atom is 0.328 e. The predicted octanol–water partition coefficient (Wildman–Crippen LogP) is 0.795. The van der Waals surface area contributed by atoms with E-state index >= 15 is 0 Å². The number of rotatable bonds is 4. The summed E-state index contributed by atoms with van der Waals surface area (Å²) in [6.45, 7) is 4.06. The summed E-state index contributed by atoms with van der Waals surface area (Å²) in [6.07, 6.45) is 2.50. The zero-order valence-electron chi connectivity index (χ0n) is 9.00. The molecule has 0 aromatic heterocycles. The molecule has 0 radical (unpaired) electrons. The first-order valence-electron chi connectivity index (χ1n) is 5.20. The van der Waals surface area contributed by atoms with Gasteiger partial charge in [-0.25, -0.2) is 4.79 Å². The van der Waals surface area contributed by atoms with Gasteiger partial charge in [0.05, 0.1) is 0 Å². The Bertz CT molecular complexity index is 268. The van der Waals surface area contributed by atoms with E-state index in [1.165, 1.54) is 0 Å². The number of imide groups is 2. The highest BCUT2D eigenvalue weighted by Crippen LogP contribution is 2.18. The standard InChI is InChI=1S/C10H16N2O3/c1-3-4-6(2)5-7-8(13)11-10(15)12-9(7)14/h6-7H,3-5H2,1-2H3,(H2,11,12,13,14,15)/t6-/m0/s1. The molecule has 0 aromatic carbocycles. The molecule has 1 heterocycles. The van der Waals surface area contributed by atoms with Crippen LogP contribution in [0.25, 0.3) is 0 Å². The molecule has 0 unspecified atom stereocenters. The molecule has 0 aliphatic carbocycles. The molecule has 1 atom stereocenters. The van der Waals surface area contributed by atoms with Gasteiger partial charge in [-0.1, -0.05) is 26.7 Å². The molecule has 5 heteroatoms. The minimum absolute atomic E-state index is 0.310. The highest BCUT2D eigenvalue weighted by atomic mass is 16.2. The van der Waals surface area contributed by atoms with Gasteiger partial charge in [0.25, 0.3) is 0 Å². The molecule has 1 saturated heterocycles. The van der Waals surface area contributed by atoms with Crippen LogP contribution in [0, 0.1) is 11.8 Å². The fraction of sp³-hybridized carbons (Fsp3) is 0.700. The van der Waals surface area contributed by atoms with Crippen LogP contribution in [0.15, 0.2) is 0 Å². The largest absolute Gasteiger partial charge is 0.328 e. The Kier molecular flexibility index (Phi) is 3.82. The van der Waals surface area contributed by atoms with Gasteiger partial charge in [-0.15, -0.1) is 0 Å². The van der Waals surface area contributed by atoms with Crippen molar-refractivity contribution < 1.29 is 14.4 Å². The first kappa shape index (κ1) is 11.7. The van der Waals surface area contributed by atoms with Crippen LogP contribution in [0.3, 0.4) is 0 Å². The lowest BCUT2D eigenvalue weighted by Crippen LogP contribution is -2.55. The van der Waals surface area contributed by atoms with Crippen LogP contribution in [0.5, 0.6) is 0 Å². The van der Waals surface area contributed by atoms with E-state index < -0.39 is 23.8 Å². The zero-order chi connectivity index (χ0) is 11.4. The number of carbonyl (C=O) groups excluding carboxylic acids is 3. The number of barbiturate groups is 1. The fourth-order valence-electron chi connectivity index (χ4n) is 1.78. The molecule has 0 saturated carbocycles. The van der Waals surface area contributed by atoms with Gasteiger partial charge < -0.3 is 0 Å². The fourth-order valence-corrected chi connectivity index (χ4v) is 1.78.